The highest BCUT2D eigenvalue weighted by Gasteiger charge is 2.32. The molecule has 1 unspecified atom stereocenters. The first-order valence-electron chi connectivity index (χ1n) is 5.99. The second-order valence-corrected chi connectivity index (χ2v) is 6.28. The van der Waals surface area contributed by atoms with E-state index in [1.54, 1.807) is 0 Å². The Morgan fingerprint density at radius 2 is 1.75 bits per heavy atom. The lowest BCUT2D eigenvalue weighted by Crippen LogP contribution is -2.27. The lowest BCUT2D eigenvalue weighted by Gasteiger charge is -2.27. The van der Waals surface area contributed by atoms with Gasteiger partial charge in [-0.05, 0) is 31.6 Å². The van der Waals surface area contributed by atoms with Crippen LogP contribution in [0.1, 0.15) is 40.0 Å². The molecule has 96 valence electrons. The first-order valence-corrected chi connectivity index (χ1v) is 6.86. The minimum absolute atomic E-state index is 0.273. The number of halogens is 2. The van der Waals surface area contributed by atoms with Crippen LogP contribution in [0.25, 0.3) is 0 Å². The fourth-order valence-corrected chi connectivity index (χ4v) is 2.56. The molecule has 0 bridgehead atoms. The minimum atomic E-state index is -0.388. The molecule has 1 aliphatic rings. The number of hydrogen-bond acceptors (Lipinski definition) is 2. The summed E-state index contributed by atoms with van der Waals surface area (Å²) in [5, 5.41) is 0. The molecule has 0 aromatic carbocycles. The van der Waals surface area contributed by atoms with Crippen molar-refractivity contribution in [2.24, 2.45) is 11.8 Å². The predicted octanol–water partition coefficient (Wildman–Crippen LogP) is 4.00. The molecule has 1 saturated heterocycles. The highest BCUT2D eigenvalue weighted by atomic mass is 35.5. The van der Waals surface area contributed by atoms with Crippen LogP contribution in [0, 0.1) is 11.8 Å². The van der Waals surface area contributed by atoms with Crippen LogP contribution in [0.4, 0.5) is 0 Å². The Labute approximate surface area is 109 Å². The molecule has 4 heteroatoms. The fraction of sp³-hybridized carbons (Fsp3) is 1.00. The standard InChI is InChI=1S/C12H22Cl2O2/c1-9(2)10(8-11(13)14)4-5-12(3)15-6-7-16-12/h9-11H,4-8H2,1-3H3. The van der Waals surface area contributed by atoms with E-state index in [0.29, 0.717) is 25.0 Å². The van der Waals surface area contributed by atoms with Crippen molar-refractivity contribution in [2.45, 2.75) is 50.7 Å². The molecule has 0 aromatic heterocycles. The summed E-state index contributed by atoms with van der Waals surface area (Å²) in [5.41, 5.74) is 0. The zero-order valence-corrected chi connectivity index (χ0v) is 11.9. The van der Waals surface area contributed by atoms with Gasteiger partial charge in [0, 0.05) is 6.42 Å². The molecule has 0 spiro atoms. The average molecular weight is 269 g/mol. The topological polar surface area (TPSA) is 18.5 Å². The van der Waals surface area contributed by atoms with Crippen molar-refractivity contribution in [2.75, 3.05) is 13.2 Å². The summed E-state index contributed by atoms with van der Waals surface area (Å²) in [5.74, 6) is 0.732. The Morgan fingerprint density at radius 1 is 1.19 bits per heavy atom. The SMILES string of the molecule is CC(C)C(CCC1(C)OCCO1)CC(Cl)Cl. The molecular weight excluding hydrogens is 247 g/mol. The highest BCUT2D eigenvalue weighted by Crippen LogP contribution is 2.31. The van der Waals surface area contributed by atoms with E-state index in [-0.39, 0.29) is 10.6 Å². The van der Waals surface area contributed by atoms with Crippen LogP contribution < -0.4 is 0 Å². The Bertz CT molecular complexity index is 201. The van der Waals surface area contributed by atoms with Crippen molar-refractivity contribution < 1.29 is 9.47 Å². The molecule has 1 rings (SSSR count). The van der Waals surface area contributed by atoms with E-state index in [1.807, 2.05) is 6.92 Å². The van der Waals surface area contributed by atoms with E-state index in [4.69, 9.17) is 32.7 Å². The van der Waals surface area contributed by atoms with Crippen molar-refractivity contribution in [1.29, 1.82) is 0 Å². The molecule has 0 N–H and O–H groups in total. The maximum Gasteiger partial charge on any atom is 0.165 e. The van der Waals surface area contributed by atoms with Gasteiger partial charge in [-0.1, -0.05) is 13.8 Å². The van der Waals surface area contributed by atoms with Crippen molar-refractivity contribution in [3.05, 3.63) is 0 Å². The third-order valence-corrected chi connectivity index (χ3v) is 3.65. The van der Waals surface area contributed by atoms with Gasteiger partial charge in [-0.25, -0.2) is 0 Å². The molecule has 0 radical (unpaired) electrons. The Balaban J connectivity index is 2.37. The normalized spacial score (nSPS) is 21.9. The maximum atomic E-state index is 5.85. The molecule has 1 fully saturated rings. The second-order valence-electron chi connectivity index (χ2n) is 5.00. The maximum absolute atomic E-state index is 5.85. The molecule has 1 heterocycles. The van der Waals surface area contributed by atoms with Gasteiger partial charge in [0.25, 0.3) is 0 Å². The number of rotatable bonds is 6. The summed E-state index contributed by atoms with van der Waals surface area (Å²) in [7, 11) is 0. The molecule has 0 aromatic rings. The van der Waals surface area contributed by atoms with E-state index >= 15 is 0 Å². The third kappa shape index (κ3) is 4.79. The summed E-state index contributed by atoms with van der Waals surface area (Å²) in [6, 6.07) is 0. The predicted molar refractivity (Wildman–Crippen MR) is 68.0 cm³/mol. The second kappa shape index (κ2) is 6.44. The number of hydrogen-bond donors (Lipinski definition) is 0. The van der Waals surface area contributed by atoms with Crippen LogP contribution in [0.3, 0.4) is 0 Å². The van der Waals surface area contributed by atoms with Gasteiger partial charge in [-0.3, -0.25) is 0 Å². The van der Waals surface area contributed by atoms with Gasteiger partial charge in [0.05, 0.1) is 13.2 Å². The molecule has 1 atom stereocenters. The number of alkyl halides is 2. The zero-order valence-electron chi connectivity index (χ0n) is 10.3. The highest BCUT2D eigenvalue weighted by molar-refractivity contribution is 6.44. The van der Waals surface area contributed by atoms with E-state index in [9.17, 15) is 0 Å². The Hall–Kier alpha value is 0.500. The van der Waals surface area contributed by atoms with E-state index < -0.39 is 0 Å². The van der Waals surface area contributed by atoms with Crippen LogP contribution in [0.5, 0.6) is 0 Å². The quantitative estimate of drug-likeness (QED) is 0.679. The molecule has 1 aliphatic heterocycles. The summed E-state index contributed by atoms with van der Waals surface area (Å²) in [6.45, 7) is 7.84. The Kier molecular flexibility index (Phi) is 5.86. The van der Waals surface area contributed by atoms with E-state index in [1.165, 1.54) is 0 Å². The van der Waals surface area contributed by atoms with Crippen LogP contribution in [0.2, 0.25) is 0 Å². The third-order valence-electron chi connectivity index (χ3n) is 3.29. The van der Waals surface area contributed by atoms with Crippen LogP contribution in [-0.4, -0.2) is 23.8 Å². The summed E-state index contributed by atoms with van der Waals surface area (Å²) in [6.07, 6.45) is 2.80. The van der Waals surface area contributed by atoms with E-state index in [2.05, 4.69) is 13.8 Å². The fourth-order valence-electron chi connectivity index (χ4n) is 2.10. The first kappa shape index (κ1) is 14.6. The van der Waals surface area contributed by atoms with Gasteiger partial charge in [-0.15, -0.1) is 23.2 Å². The average Bonchev–Trinajstić information content (AvgIpc) is 2.59. The van der Waals surface area contributed by atoms with Crippen LogP contribution in [-0.2, 0) is 9.47 Å². The Morgan fingerprint density at radius 3 is 2.19 bits per heavy atom. The zero-order chi connectivity index (χ0) is 12.2. The van der Waals surface area contributed by atoms with E-state index in [0.717, 1.165) is 19.3 Å². The molecular formula is C12H22Cl2O2. The summed E-state index contributed by atoms with van der Waals surface area (Å²) >= 11 is 11.7. The lowest BCUT2D eigenvalue weighted by molar-refractivity contribution is -0.149. The van der Waals surface area contributed by atoms with Crippen LogP contribution >= 0.6 is 23.2 Å². The number of ether oxygens (including phenoxy) is 2. The molecule has 0 saturated carbocycles. The van der Waals surface area contributed by atoms with Gasteiger partial charge in [-0.2, -0.15) is 0 Å². The van der Waals surface area contributed by atoms with Crippen molar-refractivity contribution in [1.82, 2.24) is 0 Å². The lowest BCUT2D eigenvalue weighted by atomic mass is 9.87. The monoisotopic (exact) mass is 268 g/mol. The molecule has 2 nitrogen and oxygen atoms in total. The molecule has 0 aliphatic carbocycles. The largest absolute Gasteiger partial charge is 0.348 e. The van der Waals surface area contributed by atoms with Gasteiger partial charge >= 0.3 is 0 Å². The van der Waals surface area contributed by atoms with Crippen LogP contribution in [0.15, 0.2) is 0 Å². The van der Waals surface area contributed by atoms with Crippen molar-refractivity contribution in [3.63, 3.8) is 0 Å². The molecule has 0 amide bonds. The summed E-state index contributed by atoms with van der Waals surface area (Å²) in [4.78, 5) is -0.273. The van der Waals surface area contributed by atoms with Gasteiger partial charge in [0.15, 0.2) is 5.79 Å². The smallest absolute Gasteiger partial charge is 0.165 e. The van der Waals surface area contributed by atoms with Gasteiger partial charge in [0.1, 0.15) is 4.84 Å². The molecule has 16 heavy (non-hydrogen) atoms. The van der Waals surface area contributed by atoms with Crippen molar-refractivity contribution in [3.8, 4) is 0 Å². The minimum Gasteiger partial charge on any atom is -0.348 e. The van der Waals surface area contributed by atoms with Gasteiger partial charge < -0.3 is 9.47 Å². The summed E-state index contributed by atoms with van der Waals surface area (Å²) < 4.78 is 11.2. The van der Waals surface area contributed by atoms with Gasteiger partial charge in [0.2, 0.25) is 0 Å². The van der Waals surface area contributed by atoms with Crippen molar-refractivity contribution >= 4 is 23.2 Å². The first-order chi connectivity index (χ1) is 7.43.